The summed E-state index contributed by atoms with van der Waals surface area (Å²) in [6, 6.07) is 7.67. The molecule has 0 N–H and O–H groups in total. The highest BCUT2D eigenvalue weighted by Gasteiger charge is 2.24. The van der Waals surface area contributed by atoms with E-state index in [-0.39, 0.29) is 5.97 Å². The van der Waals surface area contributed by atoms with Crippen LogP contribution in [0, 0.1) is 11.8 Å². The van der Waals surface area contributed by atoms with Crippen molar-refractivity contribution in [3.05, 3.63) is 36.3 Å². The fourth-order valence-electron chi connectivity index (χ4n) is 4.46. The van der Waals surface area contributed by atoms with Crippen molar-refractivity contribution in [2.45, 2.75) is 71.3 Å². The van der Waals surface area contributed by atoms with Gasteiger partial charge < -0.3 is 9.47 Å². The zero-order valence-electron chi connectivity index (χ0n) is 20.0. The van der Waals surface area contributed by atoms with E-state index >= 15 is 0 Å². The maximum absolute atomic E-state index is 12.0. The van der Waals surface area contributed by atoms with Gasteiger partial charge in [0.25, 0.3) is 0 Å². The number of carbonyl (C=O) groups excluding carboxylic acids is 1. The van der Waals surface area contributed by atoms with Crippen molar-refractivity contribution < 1.29 is 14.3 Å². The second-order valence-electron chi connectivity index (χ2n) is 9.91. The van der Waals surface area contributed by atoms with Crippen molar-refractivity contribution in [2.75, 3.05) is 7.11 Å². The van der Waals surface area contributed by atoms with Crippen LogP contribution < -0.4 is 4.74 Å². The molecule has 0 spiro atoms. The highest BCUT2D eigenvalue weighted by molar-refractivity contribution is 5.70. The Morgan fingerprint density at radius 2 is 1.79 bits per heavy atom. The molecule has 176 valence electrons. The monoisotopic (exact) mass is 451 g/mol. The Morgan fingerprint density at radius 1 is 1.09 bits per heavy atom. The largest absolute Gasteiger partial charge is 0.497 e. The summed E-state index contributed by atoms with van der Waals surface area (Å²) in [5, 5.41) is 8.47. The molecule has 33 heavy (non-hydrogen) atoms. The fourth-order valence-corrected chi connectivity index (χ4v) is 4.46. The Kier molecular flexibility index (Phi) is 6.91. The smallest absolute Gasteiger partial charge is 0.306 e. The highest BCUT2D eigenvalue weighted by atomic mass is 16.6. The van der Waals surface area contributed by atoms with Gasteiger partial charge in [-0.15, -0.1) is 5.10 Å². The predicted octanol–water partition coefficient (Wildman–Crippen LogP) is 4.69. The molecule has 0 aliphatic heterocycles. The van der Waals surface area contributed by atoms with Gasteiger partial charge in [-0.1, -0.05) is 18.1 Å². The minimum Gasteiger partial charge on any atom is -0.497 e. The lowest BCUT2D eigenvalue weighted by Gasteiger charge is -2.28. The fraction of sp³-hybridized carbons (Fsp3) is 0.560. The molecular formula is C25H33N5O3. The van der Waals surface area contributed by atoms with Gasteiger partial charge in [0.05, 0.1) is 19.0 Å². The van der Waals surface area contributed by atoms with Gasteiger partial charge in [-0.2, -0.15) is 4.68 Å². The van der Waals surface area contributed by atoms with Crippen LogP contribution in [-0.2, 0) is 16.0 Å². The van der Waals surface area contributed by atoms with Crippen LogP contribution in [0.4, 0.5) is 0 Å². The number of hydrogen-bond acceptors (Lipinski definition) is 7. The lowest BCUT2D eigenvalue weighted by molar-refractivity contribution is -0.155. The van der Waals surface area contributed by atoms with E-state index in [1.165, 1.54) is 0 Å². The molecule has 0 bridgehead atoms. The van der Waals surface area contributed by atoms with E-state index in [4.69, 9.17) is 14.5 Å². The molecule has 0 radical (unpaired) electrons. The van der Waals surface area contributed by atoms with Gasteiger partial charge in [0.2, 0.25) is 0 Å². The Labute approximate surface area is 194 Å². The summed E-state index contributed by atoms with van der Waals surface area (Å²) in [5.41, 5.74) is 1.87. The molecule has 2 heterocycles. The lowest BCUT2D eigenvalue weighted by Crippen LogP contribution is -2.24. The number of fused-ring (bicyclic) bond motifs is 1. The van der Waals surface area contributed by atoms with Crippen molar-refractivity contribution in [3.8, 4) is 11.4 Å². The quantitative estimate of drug-likeness (QED) is 0.481. The molecule has 8 nitrogen and oxygen atoms in total. The van der Waals surface area contributed by atoms with Gasteiger partial charge in [-0.05, 0) is 76.1 Å². The van der Waals surface area contributed by atoms with Crippen molar-refractivity contribution in [1.29, 1.82) is 0 Å². The summed E-state index contributed by atoms with van der Waals surface area (Å²) < 4.78 is 12.4. The first-order valence-corrected chi connectivity index (χ1v) is 11.7. The molecular weight excluding hydrogens is 418 g/mol. The first kappa shape index (κ1) is 23.1. The Morgan fingerprint density at radius 3 is 2.45 bits per heavy atom. The number of ether oxygens (including phenoxy) is 2. The van der Waals surface area contributed by atoms with Crippen LogP contribution in [0.15, 0.2) is 30.5 Å². The molecule has 1 aliphatic carbocycles. The second kappa shape index (κ2) is 9.85. The van der Waals surface area contributed by atoms with E-state index in [9.17, 15) is 4.79 Å². The van der Waals surface area contributed by atoms with Crippen LogP contribution in [0.2, 0.25) is 0 Å². The molecule has 8 heteroatoms. The van der Waals surface area contributed by atoms with Crippen LogP contribution >= 0.6 is 0 Å². The minimum atomic E-state index is -0.409. The van der Waals surface area contributed by atoms with Crippen LogP contribution in [0.1, 0.15) is 65.1 Å². The first-order valence-electron chi connectivity index (χ1n) is 11.7. The van der Waals surface area contributed by atoms with Crippen molar-refractivity contribution in [3.63, 3.8) is 0 Å². The van der Waals surface area contributed by atoms with Crippen LogP contribution in [0.25, 0.3) is 16.9 Å². The number of benzene rings is 1. The molecule has 2 aromatic heterocycles. The summed E-state index contributed by atoms with van der Waals surface area (Å²) in [5.74, 6) is 2.69. The maximum atomic E-state index is 12.0. The first-order chi connectivity index (χ1) is 15.8. The summed E-state index contributed by atoms with van der Waals surface area (Å²) in [4.78, 5) is 21.3. The Bertz CT molecular complexity index is 1080. The molecule has 1 fully saturated rings. The molecule has 1 aromatic carbocycles. The zero-order chi connectivity index (χ0) is 23.4. The highest BCUT2D eigenvalue weighted by Crippen LogP contribution is 2.33. The van der Waals surface area contributed by atoms with Gasteiger partial charge in [-0.25, -0.2) is 9.97 Å². The molecule has 1 saturated carbocycles. The maximum Gasteiger partial charge on any atom is 0.306 e. The van der Waals surface area contributed by atoms with Gasteiger partial charge in [-0.3, -0.25) is 4.79 Å². The minimum absolute atomic E-state index is 0.0894. The molecule has 0 atom stereocenters. The summed E-state index contributed by atoms with van der Waals surface area (Å²) in [6.07, 6.45) is 8.58. The number of nitrogens with zero attached hydrogens (tertiary/aromatic N) is 5. The molecule has 0 unspecified atom stereocenters. The molecule has 0 amide bonds. The summed E-state index contributed by atoms with van der Waals surface area (Å²) in [7, 11) is 1.65. The number of rotatable bonds is 7. The lowest BCUT2D eigenvalue weighted by atomic mass is 9.78. The molecule has 4 rings (SSSR count). The average Bonchev–Trinajstić information content (AvgIpc) is 3.21. The Hall–Kier alpha value is -3.03. The third-order valence-electron chi connectivity index (χ3n) is 6.17. The number of aromatic nitrogens is 5. The normalized spacial score (nSPS) is 18.9. The standard InChI is InChI=1S/C25H33N5O3/c1-25(2,3)33-23(31)14-9-17-5-7-18(8-6-17)15-22-26-16-21-24(27-22)30(29-28-21)19-10-12-20(32-4)13-11-19/h10-13,16-18H,5-9,14-15H2,1-4H3. The molecule has 3 aromatic rings. The van der Waals surface area contributed by atoms with E-state index in [1.54, 1.807) is 18.0 Å². The third kappa shape index (κ3) is 6.06. The van der Waals surface area contributed by atoms with E-state index in [0.29, 0.717) is 23.8 Å². The summed E-state index contributed by atoms with van der Waals surface area (Å²) >= 11 is 0. The number of hydrogen-bond donors (Lipinski definition) is 0. The zero-order valence-corrected chi connectivity index (χ0v) is 20.0. The van der Waals surface area contributed by atoms with E-state index < -0.39 is 5.60 Å². The SMILES string of the molecule is COc1ccc(-n2nnc3cnc(CC4CCC(CCC(=O)OC(C)(C)C)CC4)nc32)cc1. The Balaban J connectivity index is 1.34. The average molecular weight is 452 g/mol. The van der Waals surface area contributed by atoms with Gasteiger partial charge in [0.1, 0.15) is 17.2 Å². The van der Waals surface area contributed by atoms with Crippen molar-refractivity contribution >= 4 is 17.1 Å². The van der Waals surface area contributed by atoms with E-state index in [0.717, 1.165) is 61.4 Å². The topological polar surface area (TPSA) is 92.0 Å². The van der Waals surface area contributed by atoms with Gasteiger partial charge >= 0.3 is 5.97 Å². The number of carbonyl (C=O) groups is 1. The third-order valence-corrected chi connectivity index (χ3v) is 6.17. The number of methoxy groups -OCH3 is 1. The molecule has 1 aliphatic rings. The summed E-state index contributed by atoms with van der Waals surface area (Å²) in [6.45, 7) is 5.74. The van der Waals surface area contributed by atoms with Crippen LogP contribution in [-0.4, -0.2) is 43.6 Å². The van der Waals surface area contributed by atoms with Crippen molar-refractivity contribution in [2.24, 2.45) is 11.8 Å². The number of esters is 1. The van der Waals surface area contributed by atoms with Crippen LogP contribution in [0.5, 0.6) is 5.75 Å². The van der Waals surface area contributed by atoms with E-state index in [2.05, 4.69) is 15.3 Å². The predicted molar refractivity (Wildman–Crippen MR) is 125 cm³/mol. The van der Waals surface area contributed by atoms with E-state index in [1.807, 2.05) is 45.0 Å². The van der Waals surface area contributed by atoms with Gasteiger partial charge in [0.15, 0.2) is 11.2 Å². The second-order valence-corrected chi connectivity index (χ2v) is 9.91. The van der Waals surface area contributed by atoms with Gasteiger partial charge in [0, 0.05) is 12.8 Å². The molecule has 0 saturated heterocycles. The van der Waals surface area contributed by atoms with Crippen LogP contribution in [0.3, 0.4) is 0 Å². The van der Waals surface area contributed by atoms with Crippen molar-refractivity contribution in [1.82, 2.24) is 25.0 Å².